The average molecular weight is 270 g/mol. The summed E-state index contributed by atoms with van der Waals surface area (Å²) in [5.74, 6) is 0.772. The van der Waals surface area contributed by atoms with Gasteiger partial charge in [-0.15, -0.1) is 0 Å². The maximum atomic E-state index is 7.67. The van der Waals surface area contributed by atoms with Crippen LogP contribution in [0.3, 0.4) is 0 Å². The Morgan fingerprint density at radius 1 is 1.35 bits per heavy atom. The number of hydrogen-bond acceptors (Lipinski definition) is 4. The SMILES string of the molecule is COc1ccc(C(=N)N)c(N(C)Cc2ccccn2)c1. The van der Waals surface area contributed by atoms with Gasteiger partial charge in [0, 0.05) is 24.9 Å². The minimum absolute atomic E-state index is 0.0375. The van der Waals surface area contributed by atoms with Crippen molar-refractivity contribution in [3.05, 3.63) is 53.9 Å². The van der Waals surface area contributed by atoms with E-state index in [2.05, 4.69) is 4.98 Å². The van der Waals surface area contributed by atoms with Crippen molar-refractivity contribution in [1.29, 1.82) is 5.41 Å². The molecule has 0 saturated carbocycles. The van der Waals surface area contributed by atoms with Crippen LogP contribution < -0.4 is 15.4 Å². The number of rotatable bonds is 5. The topological polar surface area (TPSA) is 75.2 Å². The zero-order chi connectivity index (χ0) is 14.5. The van der Waals surface area contributed by atoms with Crippen LogP contribution in [0.2, 0.25) is 0 Å². The Kier molecular flexibility index (Phi) is 4.20. The normalized spacial score (nSPS) is 10.1. The maximum Gasteiger partial charge on any atom is 0.124 e. The van der Waals surface area contributed by atoms with Crippen LogP contribution in [0.5, 0.6) is 5.75 Å². The highest BCUT2D eigenvalue weighted by Gasteiger charge is 2.12. The lowest BCUT2D eigenvalue weighted by molar-refractivity contribution is 0.415. The van der Waals surface area contributed by atoms with E-state index in [9.17, 15) is 0 Å². The van der Waals surface area contributed by atoms with E-state index in [1.807, 2.05) is 36.2 Å². The van der Waals surface area contributed by atoms with E-state index in [1.165, 1.54) is 0 Å². The summed E-state index contributed by atoms with van der Waals surface area (Å²) in [7, 11) is 3.56. The minimum atomic E-state index is 0.0375. The van der Waals surface area contributed by atoms with Gasteiger partial charge in [-0.2, -0.15) is 0 Å². The van der Waals surface area contributed by atoms with Crippen molar-refractivity contribution in [2.75, 3.05) is 19.1 Å². The Balaban J connectivity index is 2.32. The van der Waals surface area contributed by atoms with Crippen LogP contribution in [0, 0.1) is 5.41 Å². The molecule has 0 amide bonds. The van der Waals surface area contributed by atoms with E-state index in [0.29, 0.717) is 12.1 Å². The van der Waals surface area contributed by atoms with Crippen molar-refractivity contribution in [1.82, 2.24) is 4.98 Å². The Morgan fingerprint density at radius 2 is 2.15 bits per heavy atom. The molecule has 1 aromatic carbocycles. The predicted octanol–water partition coefficient (Wildman–Crippen LogP) is 2.01. The molecule has 0 unspecified atom stereocenters. The van der Waals surface area contributed by atoms with E-state index in [0.717, 1.165) is 17.1 Å². The smallest absolute Gasteiger partial charge is 0.124 e. The first-order chi connectivity index (χ1) is 9.61. The molecule has 0 radical (unpaired) electrons. The number of pyridine rings is 1. The van der Waals surface area contributed by atoms with E-state index >= 15 is 0 Å². The number of nitrogens with zero attached hydrogens (tertiary/aromatic N) is 2. The van der Waals surface area contributed by atoms with Crippen LogP contribution in [0.4, 0.5) is 5.69 Å². The summed E-state index contributed by atoms with van der Waals surface area (Å²) in [6.45, 7) is 0.633. The molecule has 3 N–H and O–H groups in total. The molecule has 0 bridgehead atoms. The summed E-state index contributed by atoms with van der Waals surface area (Å²) >= 11 is 0. The number of methoxy groups -OCH3 is 1. The second-order valence-corrected chi connectivity index (χ2v) is 4.47. The summed E-state index contributed by atoms with van der Waals surface area (Å²) in [5, 5.41) is 7.67. The van der Waals surface area contributed by atoms with Crippen LogP contribution in [0.25, 0.3) is 0 Å². The first kappa shape index (κ1) is 13.9. The number of nitrogen functional groups attached to an aromatic ring is 1. The number of ether oxygens (including phenoxy) is 1. The molecule has 104 valence electrons. The number of hydrogen-bond donors (Lipinski definition) is 2. The predicted molar refractivity (Wildman–Crippen MR) is 80.4 cm³/mol. The van der Waals surface area contributed by atoms with Gasteiger partial charge < -0.3 is 15.4 Å². The van der Waals surface area contributed by atoms with Crippen LogP contribution in [-0.4, -0.2) is 25.0 Å². The van der Waals surface area contributed by atoms with Gasteiger partial charge in [0.2, 0.25) is 0 Å². The third-order valence-corrected chi connectivity index (χ3v) is 3.03. The summed E-state index contributed by atoms with van der Waals surface area (Å²) in [5.41, 5.74) is 8.12. The third-order valence-electron chi connectivity index (χ3n) is 3.03. The summed E-state index contributed by atoms with van der Waals surface area (Å²) in [6, 6.07) is 11.3. The molecular formula is C15H18N4O. The van der Waals surface area contributed by atoms with Crippen LogP contribution >= 0.6 is 0 Å². The number of nitrogens with one attached hydrogen (secondary N) is 1. The van der Waals surface area contributed by atoms with Crippen molar-refractivity contribution in [3.8, 4) is 5.75 Å². The molecule has 2 aromatic rings. The van der Waals surface area contributed by atoms with Crippen LogP contribution in [-0.2, 0) is 6.54 Å². The highest BCUT2D eigenvalue weighted by atomic mass is 16.5. The van der Waals surface area contributed by atoms with Gasteiger partial charge in [0.1, 0.15) is 11.6 Å². The van der Waals surface area contributed by atoms with Gasteiger partial charge in [-0.1, -0.05) is 6.07 Å². The molecule has 2 rings (SSSR count). The van der Waals surface area contributed by atoms with E-state index < -0.39 is 0 Å². The molecule has 0 aliphatic heterocycles. The van der Waals surface area contributed by atoms with Crippen LogP contribution in [0.15, 0.2) is 42.6 Å². The number of nitrogens with two attached hydrogens (primary N) is 1. The highest BCUT2D eigenvalue weighted by molar-refractivity contribution is 6.00. The Morgan fingerprint density at radius 3 is 2.75 bits per heavy atom. The van der Waals surface area contributed by atoms with Gasteiger partial charge in [-0.05, 0) is 24.3 Å². The van der Waals surface area contributed by atoms with Gasteiger partial charge >= 0.3 is 0 Å². The fraction of sp³-hybridized carbons (Fsp3) is 0.200. The maximum absolute atomic E-state index is 7.67. The van der Waals surface area contributed by atoms with Crippen LogP contribution in [0.1, 0.15) is 11.3 Å². The zero-order valence-electron chi connectivity index (χ0n) is 11.6. The fourth-order valence-corrected chi connectivity index (χ4v) is 2.00. The lowest BCUT2D eigenvalue weighted by Gasteiger charge is -2.22. The van der Waals surface area contributed by atoms with E-state index in [4.69, 9.17) is 15.9 Å². The molecule has 0 aliphatic carbocycles. The molecule has 0 saturated heterocycles. The number of aromatic nitrogens is 1. The standard InChI is InChI=1S/C15H18N4O/c1-19(10-11-5-3-4-8-18-11)14-9-12(20-2)6-7-13(14)15(16)17/h3-9H,10H2,1-2H3,(H3,16,17). The van der Waals surface area contributed by atoms with Crippen molar-refractivity contribution in [3.63, 3.8) is 0 Å². The lowest BCUT2D eigenvalue weighted by atomic mass is 10.1. The van der Waals surface area contributed by atoms with Gasteiger partial charge in [-0.3, -0.25) is 10.4 Å². The molecule has 1 aromatic heterocycles. The quantitative estimate of drug-likeness (QED) is 0.643. The van der Waals surface area contributed by atoms with Crippen molar-refractivity contribution in [2.45, 2.75) is 6.54 Å². The molecule has 20 heavy (non-hydrogen) atoms. The average Bonchev–Trinajstić information content (AvgIpc) is 2.47. The molecule has 5 nitrogen and oxygen atoms in total. The number of benzene rings is 1. The second-order valence-electron chi connectivity index (χ2n) is 4.47. The Hall–Kier alpha value is -2.56. The number of amidine groups is 1. The van der Waals surface area contributed by atoms with Gasteiger partial charge in [-0.25, -0.2) is 0 Å². The molecular weight excluding hydrogens is 252 g/mol. The second kappa shape index (κ2) is 6.06. The first-order valence-electron chi connectivity index (χ1n) is 6.25. The van der Waals surface area contributed by atoms with Gasteiger partial charge in [0.25, 0.3) is 0 Å². The van der Waals surface area contributed by atoms with Gasteiger partial charge in [0.15, 0.2) is 0 Å². The zero-order valence-corrected chi connectivity index (χ0v) is 11.6. The molecule has 0 spiro atoms. The number of anilines is 1. The molecule has 1 heterocycles. The molecule has 0 fully saturated rings. The van der Waals surface area contributed by atoms with Crippen molar-refractivity contribution in [2.24, 2.45) is 5.73 Å². The lowest BCUT2D eigenvalue weighted by Crippen LogP contribution is -2.22. The van der Waals surface area contributed by atoms with E-state index in [1.54, 1.807) is 25.4 Å². The first-order valence-corrected chi connectivity index (χ1v) is 6.25. The fourth-order valence-electron chi connectivity index (χ4n) is 2.00. The largest absolute Gasteiger partial charge is 0.497 e. The Labute approximate surface area is 118 Å². The molecule has 5 heteroatoms. The van der Waals surface area contributed by atoms with Crippen molar-refractivity contribution >= 4 is 11.5 Å². The monoisotopic (exact) mass is 270 g/mol. The summed E-state index contributed by atoms with van der Waals surface area (Å²) < 4.78 is 5.24. The molecule has 0 atom stereocenters. The minimum Gasteiger partial charge on any atom is -0.497 e. The Bertz CT molecular complexity index is 598. The highest BCUT2D eigenvalue weighted by Crippen LogP contribution is 2.26. The van der Waals surface area contributed by atoms with E-state index in [-0.39, 0.29) is 5.84 Å². The summed E-state index contributed by atoms with van der Waals surface area (Å²) in [6.07, 6.45) is 1.76. The third kappa shape index (κ3) is 3.06. The van der Waals surface area contributed by atoms with Gasteiger partial charge in [0.05, 0.1) is 25.0 Å². The summed E-state index contributed by atoms with van der Waals surface area (Å²) in [4.78, 5) is 6.31. The van der Waals surface area contributed by atoms with Crippen molar-refractivity contribution < 1.29 is 4.74 Å². The molecule has 0 aliphatic rings.